The van der Waals surface area contributed by atoms with Gasteiger partial charge >= 0.3 is 0 Å². The van der Waals surface area contributed by atoms with Crippen LogP contribution < -0.4 is 5.32 Å². The predicted molar refractivity (Wildman–Crippen MR) is 105 cm³/mol. The normalized spacial score (nSPS) is 11.3. The van der Waals surface area contributed by atoms with Crippen molar-refractivity contribution in [3.63, 3.8) is 0 Å². The van der Waals surface area contributed by atoms with Crippen LogP contribution in [0.3, 0.4) is 0 Å². The summed E-state index contributed by atoms with van der Waals surface area (Å²) in [6.07, 6.45) is 2.94. The van der Waals surface area contributed by atoms with Gasteiger partial charge in [-0.2, -0.15) is 0 Å². The molecule has 1 amide bonds. The van der Waals surface area contributed by atoms with Crippen LogP contribution in [0.4, 0.5) is 0 Å². The summed E-state index contributed by atoms with van der Waals surface area (Å²) < 4.78 is 2.15. The van der Waals surface area contributed by atoms with Crippen molar-refractivity contribution in [2.75, 3.05) is 0 Å². The third kappa shape index (κ3) is 3.18. The highest BCUT2D eigenvalue weighted by atomic mass is 35.5. The second-order valence-electron chi connectivity index (χ2n) is 6.36. The summed E-state index contributed by atoms with van der Waals surface area (Å²) in [7, 11) is 0. The lowest BCUT2D eigenvalue weighted by atomic mass is 10.2. The number of aromatic amines is 1. The first-order valence-electron chi connectivity index (χ1n) is 8.64. The van der Waals surface area contributed by atoms with Crippen LogP contribution in [-0.4, -0.2) is 20.4 Å². The summed E-state index contributed by atoms with van der Waals surface area (Å²) >= 11 is 6.00. The van der Waals surface area contributed by atoms with Crippen LogP contribution in [0.1, 0.15) is 29.4 Å². The third-order valence-electron chi connectivity index (χ3n) is 4.43. The molecule has 132 valence electrons. The summed E-state index contributed by atoms with van der Waals surface area (Å²) in [5.74, 6) is -0.145. The number of hydrogen-bond acceptors (Lipinski definition) is 2. The molecule has 0 unspecified atom stereocenters. The van der Waals surface area contributed by atoms with E-state index in [9.17, 15) is 4.79 Å². The Bertz CT molecular complexity index is 1100. The predicted octanol–water partition coefficient (Wildman–Crippen LogP) is 4.51. The molecule has 2 heterocycles. The maximum Gasteiger partial charge on any atom is 0.267 e. The zero-order valence-corrected chi connectivity index (χ0v) is 15.2. The number of fused-ring (bicyclic) bond motifs is 2. The van der Waals surface area contributed by atoms with E-state index in [1.807, 2.05) is 36.7 Å². The van der Waals surface area contributed by atoms with Gasteiger partial charge in [-0.3, -0.25) is 4.79 Å². The molecule has 0 spiro atoms. The van der Waals surface area contributed by atoms with Crippen molar-refractivity contribution in [2.24, 2.45) is 0 Å². The molecule has 0 saturated carbocycles. The monoisotopic (exact) mass is 366 g/mol. The highest BCUT2D eigenvalue weighted by Crippen LogP contribution is 2.20. The average Bonchev–Trinajstić information content (AvgIpc) is 3.23. The zero-order valence-electron chi connectivity index (χ0n) is 14.4. The molecule has 2 aromatic carbocycles. The second kappa shape index (κ2) is 6.84. The Hall–Kier alpha value is -2.79. The number of nitrogens with one attached hydrogen (secondary N) is 2. The number of halogens is 1. The van der Waals surface area contributed by atoms with E-state index in [1.165, 1.54) is 0 Å². The molecule has 0 aliphatic rings. The van der Waals surface area contributed by atoms with Crippen molar-refractivity contribution in [1.29, 1.82) is 0 Å². The van der Waals surface area contributed by atoms with Crippen molar-refractivity contribution in [3.8, 4) is 0 Å². The number of rotatable bonds is 5. The van der Waals surface area contributed by atoms with Crippen molar-refractivity contribution in [3.05, 3.63) is 65.1 Å². The number of amides is 1. The van der Waals surface area contributed by atoms with Crippen LogP contribution in [0, 0.1) is 0 Å². The standard InChI is InChI=1S/C20H19ClN4O/c1-2-7-25-12-23-17-8-13(3-6-19(17)25)11-22-20(26)18-10-14-9-15(21)4-5-16(14)24-18/h3-6,8-10,12,24H,2,7,11H2,1H3,(H,22,26). The SMILES string of the molecule is CCCn1cnc2cc(CNC(=O)c3cc4cc(Cl)ccc4[nH]3)ccc21. The fourth-order valence-electron chi connectivity index (χ4n) is 3.14. The van der Waals surface area contributed by atoms with Crippen molar-refractivity contribution < 1.29 is 4.79 Å². The summed E-state index contributed by atoms with van der Waals surface area (Å²) in [5.41, 5.74) is 4.50. The first kappa shape index (κ1) is 16.7. The Morgan fingerprint density at radius 2 is 2.12 bits per heavy atom. The Balaban J connectivity index is 1.48. The summed E-state index contributed by atoms with van der Waals surface area (Å²) in [6, 6.07) is 13.4. The molecule has 0 aliphatic carbocycles. The van der Waals surface area contributed by atoms with Gasteiger partial charge in [0.1, 0.15) is 5.69 Å². The van der Waals surface area contributed by atoms with Gasteiger partial charge in [-0.25, -0.2) is 4.98 Å². The minimum absolute atomic E-state index is 0.145. The number of carbonyl (C=O) groups is 1. The molecule has 0 radical (unpaired) electrons. The molecule has 0 bridgehead atoms. The number of nitrogens with zero attached hydrogens (tertiary/aromatic N) is 2. The first-order chi connectivity index (χ1) is 12.6. The number of benzene rings is 2. The second-order valence-corrected chi connectivity index (χ2v) is 6.79. The van der Waals surface area contributed by atoms with E-state index in [0.717, 1.165) is 40.5 Å². The molecule has 5 nitrogen and oxygen atoms in total. The summed E-state index contributed by atoms with van der Waals surface area (Å²) in [4.78, 5) is 20.0. The molecule has 0 saturated heterocycles. The fraction of sp³-hybridized carbons (Fsp3) is 0.200. The lowest BCUT2D eigenvalue weighted by Crippen LogP contribution is -2.23. The molecule has 4 rings (SSSR count). The highest BCUT2D eigenvalue weighted by Gasteiger charge is 2.10. The Kier molecular flexibility index (Phi) is 4.39. The van der Waals surface area contributed by atoms with Crippen LogP contribution in [0.2, 0.25) is 5.02 Å². The lowest BCUT2D eigenvalue weighted by molar-refractivity contribution is 0.0947. The molecular formula is C20H19ClN4O. The Morgan fingerprint density at radius 1 is 1.23 bits per heavy atom. The van der Waals surface area contributed by atoms with Gasteiger partial charge in [0, 0.05) is 29.0 Å². The van der Waals surface area contributed by atoms with Gasteiger partial charge in [0.25, 0.3) is 5.91 Å². The molecule has 0 fully saturated rings. The van der Waals surface area contributed by atoms with Crippen LogP contribution >= 0.6 is 11.6 Å². The van der Waals surface area contributed by atoms with E-state index in [4.69, 9.17) is 11.6 Å². The van der Waals surface area contributed by atoms with Crippen molar-refractivity contribution in [1.82, 2.24) is 19.9 Å². The zero-order chi connectivity index (χ0) is 18.1. The van der Waals surface area contributed by atoms with Crippen LogP contribution in [0.25, 0.3) is 21.9 Å². The van der Waals surface area contributed by atoms with Gasteiger partial charge in [-0.15, -0.1) is 0 Å². The van der Waals surface area contributed by atoms with E-state index < -0.39 is 0 Å². The van der Waals surface area contributed by atoms with Gasteiger partial charge in [0.2, 0.25) is 0 Å². The quantitative estimate of drug-likeness (QED) is 0.545. The molecular weight excluding hydrogens is 348 g/mol. The van der Waals surface area contributed by atoms with Gasteiger partial charge < -0.3 is 14.9 Å². The number of hydrogen-bond donors (Lipinski definition) is 2. The van der Waals surface area contributed by atoms with Crippen LogP contribution in [0.5, 0.6) is 0 Å². The van der Waals surface area contributed by atoms with E-state index in [0.29, 0.717) is 17.3 Å². The van der Waals surface area contributed by atoms with E-state index >= 15 is 0 Å². The average molecular weight is 367 g/mol. The van der Waals surface area contributed by atoms with Crippen LogP contribution in [0.15, 0.2) is 48.8 Å². The number of aryl methyl sites for hydroxylation is 1. The first-order valence-corrected chi connectivity index (χ1v) is 9.02. The molecule has 26 heavy (non-hydrogen) atoms. The minimum atomic E-state index is -0.145. The molecule has 2 N–H and O–H groups in total. The van der Waals surface area contributed by atoms with Crippen molar-refractivity contribution in [2.45, 2.75) is 26.4 Å². The fourth-order valence-corrected chi connectivity index (χ4v) is 3.32. The number of imidazole rings is 1. The van der Waals surface area contributed by atoms with E-state index in [1.54, 1.807) is 6.07 Å². The van der Waals surface area contributed by atoms with Gasteiger partial charge in [0.15, 0.2) is 0 Å². The largest absolute Gasteiger partial charge is 0.351 e. The summed E-state index contributed by atoms with van der Waals surface area (Å²) in [5, 5.41) is 4.52. The van der Waals surface area contributed by atoms with Crippen molar-refractivity contribution >= 4 is 39.4 Å². The van der Waals surface area contributed by atoms with Crippen LogP contribution in [-0.2, 0) is 13.1 Å². The third-order valence-corrected chi connectivity index (χ3v) is 4.67. The molecule has 0 atom stereocenters. The molecule has 0 aliphatic heterocycles. The van der Waals surface area contributed by atoms with Gasteiger partial charge in [0.05, 0.1) is 17.4 Å². The Morgan fingerprint density at radius 3 is 2.96 bits per heavy atom. The topological polar surface area (TPSA) is 62.7 Å². The lowest BCUT2D eigenvalue weighted by Gasteiger charge is -2.05. The van der Waals surface area contributed by atoms with Gasteiger partial charge in [-0.05, 0) is 48.4 Å². The molecule has 4 aromatic rings. The van der Waals surface area contributed by atoms with E-state index in [-0.39, 0.29) is 5.91 Å². The number of carbonyl (C=O) groups excluding carboxylic acids is 1. The number of H-pyrrole nitrogens is 1. The maximum absolute atomic E-state index is 12.4. The minimum Gasteiger partial charge on any atom is -0.351 e. The molecule has 2 aromatic heterocycles. The Labute approximate surface area is 156 Å². The summed E-state index contributed by atoms with van der Waals surface area (Å²) in [6.45, 7) is 3.55. The maximum atomic E-state index is 12.4. The van der Waals surface area contributed by atoms with Gasteiger partial charge in [-0.1, -0.05) is 24.6 Å². The smallest absolute Gasteiger partial charge is 0.267 e. The molecule has 6 heteroatoms. The highest BCUT2D eigenvalue weighted by molar-refractivity contribution is 6.31. The number of aromatic nitrogens is 3. The van der Waals surface area contributed by atoms with E-state index in [2.05, 4.69) is 32.8 Å².